The monoisotopic (exact) mass is 418 g/mol. The molecular formula is C24H35ClN2O2. The van der Waals surface area contributed by atoms with E-state index in [4.69, 9.17) is 21.1 Å². The lowest BCUT2D eigenvalue weighted by atomic mass is 10.1. The van der Waals surface area contributed by atoms with Crippen molar-refractivity contribution in [1.29, 1.82) is 0 Å². The van der Waals surface area contributed by atoms with Gasteiger partial charge < -0.3 is 19.7 Å². The molecule has 0 aliphatic rings. The Hall–Kier alpha value is -1.75. The van der Waals surface area contributed by atoms with Gasteiger partial charge in [-0.25, -0.2) is 0 Å². The van der Waals surface area contributed by atoms with Crippen LogP contribution in [0.2, 0.25) is 5.02 Å². The third kappa shape index (κ3) is 7.88. The second-order valence-electron chi connectivity index (χ2n) is 7.17. The van der Waals surface area contributed by atoms with E-state index >= 15 is 0 Å². The molecule has 1 N–H and O–H groups in total. The minimum Gasteiger partial charge on any atom is -0.490 e. The van der Waals surface area contributed by atoms with Crippen molar-refractivity contribution in [2.24, 2.45) is 0 Å². The van der Waals surface area contributed by atoms with Crippen LogP contribution >= 0.6 is 11.6 Å². The van der Waals surface area contributed by atoms with Gasteiger partial charge in [-0.1, -0.05) is 55.3 Å². The first-order valence-electron chi connectivity index (χ1n) is 10.6. The molecule has 2 rings (SSSR count). The van der Waals surface area contributed by atoms with Crippen molar-refractivity contribution in [1.82, 2.24) is 10.2 Å². The summed E-state index contributed by atoms with van der Waals surface area (Å²) >= 11 is 6.54. The summed E-state index contributed by atoms with van der Waals surface area (Å²) in [6, 6.07) is 12.3. The fraction of sp³-hybridized carbons (Fsp3) is 0.500. The predicted molar refractivity (Wildman–Crippen MR) is 122 cm³/mol. The van der Waals surface area contributed by atoms with Crippen molar-refractivity contribution in [2.45, 2.75) is 47.3 Å². The average molecular weight is 419 g/mol. The zero-order valence-corrected chi connectivity index (χ0v) is 19.0. The van der Waals surface area contributed by atoms with E-state index in [2.05, 4.69) is 55.3 Å². The smallest absolute Gasteiger partial charge is 0.180 e. The van der Waals surface area contributed by atoms with Crippen LogP contribution in [0.3, 0.4) is 0 Å². The van der Waals surface area contributed by atoms with E-state index in [-0.39, 0.29) is 0 Å². The lowest BCUT2D eigenvalue weighted by molar-refractivity contribution is 0.269. The lowest BCUT2D eigenvalue weighted by Gasteiger charge is -2.18. The highest BCUT2D eigenvalue weighted by molar-refractivity contribution is 6.32. The summed E-state index contributed by atoms with van der Waals surface area (Å²) < 4.78 is 11.8. The number of aryl methyl sites for hydroxylation is 1. The van der Waals surface area contributed by atoms with Crippen LogP contribution in [0.15, 0.2) is 36.4 Å². The van der Waals surface area contributed by atoms with E-state index in [0.29, 0.717) is 29.7 Å². The molecule has 0 aromatic heterocycles. The van der Waals surface area contributed by atoms with Gasteiger partial charge in [0.1, 0.15) is 6.61 Å². The Labute approximate surface area is 181 Å². The molecule has 0 aliphatic heterocycles. The summed E-state index contributed by atoms with van der Waals surface area (Å²) in [5.41, 5.74) is 3.44. The molecule has 0 unspecified atom stereocenters. The molecule has 0 spiro atoms. The first-order chi connectivity index (χ1) is 14.1. The Morgan fingerprint density at radius 3 is 2.34 bits per heavy atom. The molecule has 2 aromatic rings. The highest BCUT2D eigenvalue weighted by Gasteiger charge is 2.13. The van der Waals surface area contributed by atoms with Crippen molar-refractivity contribution < 1.29 is 9.47 Å². The van der Waals surface area contributed by atoms with Gasteiger partial charge in [-0.2, -0.15) is 0 Å². The number of nitrogens with one attached hydrogen (secondary N) is 1. The molecule has 0 atom stereocenters. The third-order valence-electron chi connectivity index (χ3n) is 4.92. The number of nitrogens with zero attached hydrogens (tertiary/aromatic N) is 1. The zero-order chi connectivity index (χ0) is 21.1. The van der Waals surface area contributed by atoms with Gasteiger partial charge in [0.2, 0.25) is 0 Å². The summed E-state index contributed by atoms with van der Waals surface area (Å²) in [6.07, 6.45) is 1.13. The molecule has 0 radical (unpaired) electrons. The standard InChI is InChI=1S/C24H35ClN2O2/c1-5-27(6-2)14-8-13-26-17-21-15-22(25)24(23(16-21)28-7-3)29-18-20-11-9-19(4)10-12-20/h9-12,15-16,26H,5-8,13-14,17-18H2,1-4H3. The zero-order valence-electron chi connectivity index (χ0n) is 18.3. The van der Waals surface area contributed by atoms with Gasteiger partial charge in [-0.3, -0.25) is 0 Å². The minimum absolute atomic E-state index is 0.461. The molecule has 29 heavy (non-hydrogen) atoms. The van der Waals surface area contributed by atoms with E-state index in [1.807, 2.05) is 19.1 Å². The maximum Gasteiger partial charge on any atom is 0.180 e. The third-order valence-corrected chi connectivity index (χ3v) is 5.21. The number of halogens is 1. The number of benzene rings is 2. The van der Waals surface area contributed by atoms with Crippen LogP contribution in [0.1, 0.15) is 43.9 Å². The Morgan fingerprint density at radius 2 is 1.69 bits per heavy atom. The summed E-state index contributed by atoms with van der Waals surface area (Å²) in [6.45, 7) is 14.5. The van der Waals surface area contributed by atoms with Gasteiger partial charge in [0.15, 0.2) is 11.5 Å². The molecular weight excluding hydrogens is 384 g/mol. The number of rotatable bonds is 13. The number of hydrogen-bond acceptors (Lipinski definition) is 4. The highest BCUT2D eigenvalue weighted by Crippen LogP contribution is 2.37. The van der Waals surface area contributed by atoms with Gasteiger partial charge >= 0.3 is 0 Å². The van der Waals surface area contributed by atoms with Crippen LogP contribution in [-0.4, -0.2) is 37.7 Å². The maximum absolute atomic E-state index is 6.54. The molecule has 0 saturated carbocycles. The first kappa shape index (κ1) is 23.5. The predicted octanol–water partition coefficient (Wildman–Crippen LogP) is 5.45. The van der Waals surface area contributed by atoms with Gasteiger partial charge in [0.25, 0.3) is 0 Å². The first-order valence-corrected chi connectivity index (χ1v) is 11.0. The second-order valence-corrected chi connectivity index (χ2v) is 7.58. The Balaban J connectivity index is 1.94. The Kier molecular flexibility index (Phi) is 10.3. The fourth-order valence-electron chi connectivity index (χ4n) is 3.17. The van der Waals surface area contributed by atoms with Gasteiger partial charge in [-0.15, -0.1) is 0 Å². The van der Waals surface area contributed by atoms with Gasteiger partial charge in [0.05, 0.1) is 11.6 Å². The molecule has 0 aliphatic carbocycles. The molecule has 0 bridgehead atoms. The maximum atomic E-state index is 6.54. The van der Waals surface area contributed by atoms with E-state index in [1.54, 1.807) is 0 Å². The minimum atomic E-state index is 0.461. The molecule has 2 aromatic carbocycles. The normalized spacial score (nSPS) is 11.1. The number of ether oxygens (including phenoxy) is 2. The van der Waals surface area contributed by atoms with Crippen LogP contribution in [0.4, 0.5) is 0 Å². The SMILES string of the molecule is CCOc1cc(CNCCCN(CC)CC)cc(Cl)c1OCc1ccc(C)cc1. The van der Waals surface area contributed by atoms with Crippen molar-refractivity contribution in [3.8, 4) is 11.5 Å². The summed E-state index contributed by atoms with van der Waals surface area (Å²) in [7, 11) is 0. The van der Waals surface area contributed by atoms with E-state index in [1.165, 1.54) is 5.56 Å². The number of hydrogen-bond donors (Lipinski definition) is 1. The van der Waals surface area contributed by atoms with E-state index in [9.17, 15) is 0 Å². The van der Waals surface area contributed by atoms with Crippen LogP contribution in [0, 0.1) is 6.92 Å². The largest absolute Gasteiger partial charge is 0.490 e. The molecule has 160 valence electrons. The van der Waals surface area contributed by atoms with Gasteiger partial charge in [0, 0.05) is 6.54 Å². The van der Waals surface area contributed by atoms with E-state index in [0.717, 1.165) is 50.3 Å². The summed E-state index contributed by atoms with van der Waals surface area (Å²) in [4.78, 5) is 2.44. The molecule has 0 saturated heterocycles. The summed E-state index contributed by atoms with van der Waals surface area (Å²) in [5.74, 6) is 1.31. The molecule has 4 nitrogen and oxygen atoms in total. The van der Waals surface area contributed by atoms with Crippen molar-refractivity contribution in [3.05, 3.63) is 58.1 Å². The molecule has 0 heterocycles. The Morgan fingerprint density at radius 1 is 0.966 bits per heavy atom. The summed E-state index contributed by atoms with van der Waals surface area (Å²) in [5, 5.41) is 4.09. The Bertz CT molecular complexity index is 730. The van der Waals surface area contributed by atoms with Crippen molar-refractivity contribution in [2.75, 3.05) is 32.8 Å². The molecule has 0 fully saturated rings. The lowest BCUT2D eigenvalue weighted by Crippen LogP contribution is -2.27. The average Bonchev–Trinajstić information content (AvgIpc) is 2.71. The van der Waals surface area contributed by atoms with Crippen molar-refractivity contribution >= 4 is 11.6 Å². The van der Waals surface area contributed by atoms with Crippen LogP contribution in [0.25, 0.3) is 0 Å². The second kappa shape index (κ2) is 12.7. The molecule has 0 amide bonds. The van der Waals surface area contributed by atoms with Crippen LogP contribution in [0.5, 0.6) is 11.5 Å². The highest BCUT2D eigenvalue weighted by atomic mass is 35.5. The van der Waals surface area contributed by atoms with Crippen LogP contribution < -0.4 is 14.8 Å². The van der Waals surface area contributed by atoms with Gasteiger partial charge in [-0.05, 0) is 69.7 Å². The molecule has 5 heteroatoms. The quantitative estimate of drug-likeness (QED) is 0.438. The van der Waals surface area contributed by atoms with E-state index < -0.39 is 0 Å². The van der Waals surface area contributed by atoms with Crippen molar-refractivity contribution in [3.63, 3.8) is 0 Å². The fourth-order valence-corrected chi connectivity index (χ4v) is 3.45. The topological polar surface area (TPSA) is 33.7 Å². The van der Waals surface area contributed by atoms with Crippen LogP contribution in [-0.2, 0) is 13.2 Å².